The number of rotatable bonds is 0. The number of methoxy groups -OCH3 is 1. The predicted molar refractivity (Wildman–Crippen MR) is 61.4 cm³/mol. The number of ketones is 1. The number of ether oxygens (including phenoxy) is 1. The van der Waals surface area contributed by atoms with Crippen LogP contribution in [0, 0.1) is 0 Å². The molecule has 0 atom stereocenters. The molecule has 0 aliphatic carbocycles. The molecular formula is C11H26O3. The Hall–Kier alpha value is -0.860. The van der Waals surface area contributed by atoms with Gasteiger partial charge in [-0.2, -0.15) is 0 Å². The molecule has 88 valence electrons. The van der Waals surface area contributed by atoms with Crippen LogP contribution < -0.4 is 0 Å². The van der Waals surface area contributed by atoms with E-state index >= 15 is 0 Å². The van der Waals surface area contributed by atoms with Gasteiger partial charge < -0.3 is 9.53 Å². The van der Waals surface area contributed by atoms with Crippen LogP contribution in [0.15, 0.2) is 0 Å². The van der Waals surface area contributed by atoms with E-state index in [0.717, 1.165) is 0 Å². The molecule has 14 heavy (non-hydrogen) atoms. The van der Waals surface area contributed by atoms with E-state index in [1.54, 1.807) is 0 Å². The van der Waals surface area contributed by atoms with Gasteiger partial charge in [0.2, 0.25) is 0 Å². The molecule has 0 fully saturated rings. The van der Waals surface area contributed by atoms with Crippen molar-refractivity contribution < 1.29 is 14.3 Å². The second kappa shape index (κ2) is 29.6. The lowest BCUT2D eigenvalue weighted by atomic mass is 10.6. The molecule has 0 rings (SSSR count). The van der Waals surface area contributed by atoms with Gasteiger partial charge in [0, 0.05) is 6.92 Å². The highest BCUT2D eigenvalue weighted by atomic mass is 16.5. The Kier molecular flexibility index (Phi) is 48.9. The summed E-state index contributed by atoms with van der Waals surface area (Å²) in [5.74, 6) is -0.0787. The number of hydrogen-bond acceptors (Lipinski definition) is 3. The Morgan fingerprint density at radius 3 is 1.07 bits per heavy atom. The average molecular weight is 206 g/mol. The topological polar surface area (TPSA) is 43.4 Å². The van der Waals surface area contributed by atoms with Gasteiger partial charge in [0.1, 0.15) is 5.78 Å². The Morgan fingerprint density at radius 2 is 1.07 bits per heavy atom. The first kappa shape index (κ1) is 23.2. The van der Waals surface area contributed by atoms with Crippen LogP contribution in [0.4, 0.5) is 0 Å². The van der Waals surface area contributed by atoms with Gasteiger partial charge in [-0.15, -0.1) is 0 Å². The monoisotopic (exact) mass is 206 g/mol. The van der Waals surface area contributed by atoms with Crippen LogP contribution in [0.2, 0.25) is 0 Å². The highest BCUT2D eigenvalue weighted by Gasteiger charge is 1.75. The molecule has 0 heterocycles. The van der Waals surface area contributed by atoms with Gasteiger partial charge in [-0.25, -0.2) is 0 Å². The minimum absolute atomic E-state index is 0.167. The van der Waals surface area contributed by atoms with E-state index in [1.807, 2.05) is 13.8 Å². The van der Waals surface area contributed by atoms with Crippen molar-refractivity contribution in [2.24, 2.45) is 0 Å². The van der Waals surface area contributed by atoms with Crippen LogP contribution in [0.3, 0.4) is 0 Å². The minimum Gasteiger partial charge on any atom is -0.469 e. The third-order valence-electron chi connectivity index (χ3n) is 0.287. The van der Waals surface area contributed by atoms with Crippen molar-refractivity contribution in [3.63, 3.8) is 0 Å². The van der Waals surface area contributed by atoms with E-state index in [9.17, 15) is 9.59 Å². The SMILES string of the molecule is CC.CC(C)=O.CCC.COC(C)=O. The lowest BCUT2D eigenvalue weighted by Gasteiger charge is -1.80. The molecule has 0 N–H and O–H groups in total. The summed E-state index contributed by atoms with van der Waals surface area (Å²) in [6.07, 6.45) is 1.25. The van der Waals surface area contributed by atoms with Gasteiger partial charge in [-0.05, 0) is 13.8 Å². The highest BCUT2D eigenvalue weighted by Crippen LogP contribution is 1.60. The normalized spacial score (nSPS) is 6.00. The van der Waals surface area contributed by atoms with E-state index in [1.165, 1.54) is 34.3 Å². The van der Waals surface area contributed by atoms with Crippen LogP contribution in [-0.4, -0.2) is 18.9 Å². The lowest BCUT2D eigenvalue weighted by Crippen LogP contribution is -1.88. The molecule has 0 unspecified atom stereocenters. The summed E-state index contributed by atoms with van der Waals surface area (Å²) >= 11 is 0. The predicted octanol–water partition coefficient (Wildman–Crippen LogP) is 3.22. The number of esters is 1. The molecule has 0 spiro atoms. The van der Waals surface area contributed by atoms with E-state index in [2.05, 4.69) is 18.6 Å². The van der Waals surface area contributed by atoms with E-state index in [0.29, 0.717) is 0 Å². The highest BCUT2D eigenvalue weighted by molar-refractivity contribution is 5.72. The fourth-order valence-electron chi connectivity index (χ4n) is 0. The van der Waals surface area contributed by atoms with Crippen molar-refractivity contribution in [1.29, 1.82) is 0 Å². The van der Waals surface area contributed by atoms with Gasteiger partial charge in [0.05, 0.1) is 7.11 Å². The number of hydrogen-bond donors (Lipinski definition) is 0. The largest absolute Gasteiger partial charge is 0.469 e. The fraction of sp³-hybridized carbons (Fsp3) is 0.818. The Bertz CT molecular complexity index is 105. The summed E-state index contributed by atoms with van der Waals surface area (Å²) < 4.78 is 4.11. The maximum Gasteiger partial charge on any atom is 0.302 e. The van der Waals surface area contributed by atoms with Crippen molar-refractivity contribution in [1.82, 2.24) is 0 Å². The molecule has 0 amide bonds. The molecule has 0 aromatic rings. The Balaban J connectivity index is -0.0000000505. The standard InChI is InChI=1S/C3H6O2.C3H6O.C3H8.C2H6/c1-3(4)5-2;1-3(2)4;1-3-2;1-2/h1-2H3;1-2H3;3H2,1-2H3;1-2H3. The summed E-state index contributed by atoms with van der Waals surface area (Å²) in [6, 6.07) is 0. The second-order valence-corrected chi connectivity index (χ2v) is 2.31. The Morgan fingerprint density at radius 1 is 1.00 bits per heavy atom. The molecule has 0 saturated heterocycles. The third-order valence-corrected chi connectivity index (χ3v) is 0.287. The second-order valence-electron chi connectivity index (χ2n) is 2.31. The molecule has 0 saturated carbocycles. The summed E-state index contributed by atoms with van der Waals surface area (Å²) in [5, 5.41) is 0. The van der Waals surface area contributed by atoms with Crippen molar-refractivity contribution in [3.8, 4) is 0 Å². The van der Waals surface area contributed by atoms with Gasteiger partial charge in [0.25, 0.3) is 0 Å². The molecule has 3 nitrogen and oxygen atoms in total. The quantitative estimate of drug-likeness (QED) is 0.571. The third kappa shape index (κ3) is 881. The van der Waals surface area contributed by atoms with Crippen molar-refractivity contribution in [2.75, 3.05) is 7.11 Å². The summed E-state index contributed by atoms with van der Waals surface area (Å²) in [5.41, 5.74) is 0. The molecule has 3 heteroatoms. The molecule has 0 radical (unpaired) electrons. The zero-order chi connectivity index (χ0) is 12.6. The molecule has 0 aromatic heterocycles. The zero-order valence-electron chi connectivity index (χ0n) is 10.9. The fourth-order valence-corrected chi connectivity index (χ4v) is 0. The maximum atomic E-state index is 9.59. The van der Waals surface area contributed by atoms with Crippen molar-refractivity contribution >= 4 is 11.8 Å². The van der Waals surface area contributed by atoms with Crippen LogP contribution >= 0.6 is 0 Å². The minimum atomic E-state index is -0.245. The van der Waals surface area contributed by atoms with Crippen LogP contribution in [-0.2, 0) is 14.3 Å². The molecule has 0 aliphatic rings. The van der Waals surface area contributed by atoms with Crippen molar-refractivity contribution in [3.05, 3.63) is 0 Å². The number of carbonyl (C=O) groups is 2. The van der Waals surface area contributed by atoms with Gasteiger partial charge in [-0.3, -0.25) is 4.79 Å². The van der Waals surface area contributed by atoms with E-state index in [4.69, 9.17) is 0 Å². The first-order valence-electron chi connectivity index (χ1n) is 4.93. The van der Waals surface area contributed by atoms with Crippen molar-refractivity contribution in [2.45, 2.75) is 54.9 Å². The average Bonchev–Trinajstić information content (AvgIpc) is 2.08. The summed E-state index contributed by atoms with van der Waals surface area (Å²) in [7, 11) is 1.35. The van der Waals surface area contributed by atoms with Crippen LogP contribution in [0.5, 0.6) is 0 Å². The summed E-state index contributed by atoms with van der Waals surface area (Å²) in [4.78, 5) is 19.0. The van der Waals surface area contributed by atoms with Crippen LogP contribution in [0.25, 0.3) is 0 Å². The first-order valence-corrected chi connectivity index (χ1v) is 4.93. The van der Waals surface area contributed by atoms with E-state index < -0.39 is 0 Å². The zero-order valence-corrected chi connectivity index (χ0v) is 10.9. The molecule has 0 aromatic carbocycles. The van der Waals surface area contributed by atoms with Gasteiger partial charge in [-0.1, -0.05) is 34.1 Å². The molecule has 0 bridgehead atoms. The maximum absolute atomic E-state index is 9.59. The van der Waals surface area contributed by atoms with E-state index in [-0.39, 0.29) is 11.8 Å². The van der Waals surface area contributed by atoms with Gasteiger partial charge in [0.15, 0.2) is 0 Å². The first-order chi connectivity index (χ1) is 6.42. The number of carbonyl (C=O) groups excluding carboxylic acids is 2. The Labute approximate surface area is 88.8 Å². The lowest BCUT2D eigenvalue weighted by molar-refractivity contribution is -0.137. The smallest absolute Gasteiger partial charge is 0.302 e. The van der Waals surface area contributed by atoms with Crippen LogP contribution in [0.1, 0.15) is 54.9 Å². The summed E-state index contributed by atoms with van der Waals surface area (Å²) in [6.45, 7) is 12.7. The molecular weight excluding hydrogens is 180 g/mol. The number of Topliss-reactive ketones (excluding diaryl/α,β-unsaturated/α-hetero) is 1. The molecule has 0 aliphatic heterocycles. The van der Waals surface area contributed by atoms with Gasteiger partial charge >= 0.3 is 5.97 Å².